The van der Waals surface area contributed by atoms with E-state index < -0.39 is 6.29 Å². The Hall–Kier alpha value is -1.69. The summed E-state index contributed by atoms with van der Waals surface area (Å²) >= 11 is 3.37. The zero-order valence-corrected chi connectivity index (χ0v) is 14.5. The van der Waals surface area contributed by atoms with Crippen molar-refractivity contribution in [1.82, 2.24) is 0 Å². The summed E-state index contributed by atoms with van der Waals surface area (Å²) in [7, 11) is 1.36. The summed E-state index contributed by atoms with van der Waals surface area (Å²) in [5.74, 6) is -0.369. The van der Waals surface area contributed by atoms with Gasteiger partial charge >= 0.3 is 5.97 Å². The smallest absolute Gasteiger partial charge is 0.338 e. The molecule has 23 heavy (non-hydrogen) atoms. The molecule has 0 aliphatic rings. The fourth-order valence-corrected chi connectivity index (χ4v) is 2.68. The topological polar surface area (TPSA) is 55.8 Å². The molecule has 0 saturated carbocycles. The third-order valence-electron chi connectivity index (χ3n) is 3.41. The second-order valence-corrected chi connectivity index (χ2v) is 5.63. The van der Waals surface area contributed by atoms with Crippen molar-refractivity contribution >= 4 is 21.9 Å². The molecule has 0 amide bonds. The Kier molecular flexibility index (Phi) is 6.77. The zero-order chi connectivity index (χ0) is 16.7. The predicted octanol–water partition coefficient (Wildman–Crippen LogP) is 3.45. The van der Waals surface area contributed by atoms with Crippen LogP contribution in [0, 0.1) is 0 Å². The van der Waals surface area contributed by atoms with E-state index in [0.717, 1.165) is 16.7 Å². The Balaban J connectivity index is 1.98. The van der Waals surface area contributed by atoms with Gasteiger partial charge in [-0.2, -0.15) is 0 Å². The molecule has 0 aliphatic carbocycles. The van der Waals surface area contributed by atoms with Crippen LogP contribution in [0.5, 0.6) is 0 Å². The Morgan fingerprint density at radius 3 is 2.57 bits per heavy atom. The van der Waals surface area contributed by atoms with Crippen LogP contribution in [-0.4, -0.2) is 24.5 Å². The van der Waals surface area contributed by atoms with Crippen molar-refractivity contribution in [3.63, 3.8) is 0 Å². The van der Waals surface area contributed by atoms with Gasteiger partial charge in [-0.3, -0.25) is 0 Å². The van der Waals surface area contributed by atoms with E-state index in [4.69, 9.17) is 9.47 Å². The molecular weight excluding hydrogens is 360 g/mol. The van der Waals surface area contributed by atoms with Gasteiger partial charge in [0.25, 0.3) is 0 Å². The number of methoxy groups -OCH3 is 1. The summed E-state index contributed by atoms with van der Waals surface area (Å²) in [6, 6.07) is 15.1. The number of benzene rings is 2. The van der Waals surface area contributed by atoms with Gasteiger partial charge in [0, 0.05) is 11.8 Å². The van der Waals surface area contributed by atoms with Gasteiger partial charge in [0.05, 0.1) is 19.3 Å². The number of esters is 1. The Morgan fingerprint density at radius 2 is 1.91 bits per heavy atom. The summed E-state index contributed by atoms with van der Waals surface area (Å²) in [4.78, 5) is 11.7. The van der Waals surface area contributed by atoms with Crippen molar-refractivity contribution in [3.8, 4) is 0 Å². The maximum absolute atomic E-state index is 11.7. The van der Waals surface area contributed by atoms with E-state index in [9.17, 15) is 9.90 Å². The molecule has 4 nitrogen and oxygen atoms in total. The number of alkyl halides is 1. The zero-order valence-electron chi connectivity index (χ0n) is 12.9. The number of hydrogen-bond donors (Lipinski definition) is 1. The molecule has 0 spiro atoms. The predicted molar refractivity (Wildman–Crippen MR) is 91.4 cm³/mol. The third-order valence-corrected chi connectivity index (χ3v) is 4.02. The molecular formula is C18H19BrO4. The minimum atomic E-state index is -0.901. The second-order valence-electron chi connectivity index (χ2n) is 5.07. The highest BCUT2D eigenvalue weighted by molar-refractivity contribution is 9.08. The van der Waals surface area contributed by atoms with E-state index in [1.165, 1.54) is 7.11 Å². The van der Waals surface area contributed by atoms with Crippen molar-refractivity contribution in [2.24, 2.45) is 0 Å². The number of rotatable bonds is 7. The normalized spacial score (nSPS) is 12.0. The number of ether oxygens (including phenoxy) is 2. The standard InChI is InChI=1S/C18H19BrO4/c1-22-18(21)16-8-7-14(9-15(16)11-19)10-17(20)23-12-13-5-3-2-4-6-13/h2-9,17,20H,10-12H2,1H3. The van der Waals surface area contributed by atoms with Crippen LogP contribution in [-0.2, 0) is 27.8 Å². The lowest BCUT2D eigenvalue weighted by molar-refractivity contribution is -0.106. The highest BCUT2D eigenvalue weighted by Crippen LogP contribution is 2.18. The average molecular weight is 379 g/mol. The molecule has 0 saturated heterocycles. The van der Waals surface area contributed by atoms with E-state index >= 15 is 0 Å². The second kappa shape index (κ2) is 8.82. The van der Waals surface area contributed by atoms with Crippen LogP contribution >= 0.6 is 15.9 Å². The molecule has 0 fully saturated rings. The van der Waals surface area contributed by atoms with Gasteiger partial charge in [-0.25, -0.2) is 4.79 Å². The lowest BCUT2D eigenvalue weighted by Gasteiger charge is -2.14. The monoisotopic (exact) mass is 378 g/mol. The van der Waals surface area contributed by atoms with E-state index in [0.29, 0.717) is 23.9 Å². The first-order valence-corrected chi connectivity index (χ1v) is 8.36. The Morgan fingerprint density at radius 1 is 1.17 bits per heavy atom. The molecule has 0 radical (unpaired) electrons. The van der Waals surface area contributed by atoms with Crippen LogP contribution in [0.4, 0.5) is 0 Å². The van der Waals surface area contributed by atoms with Crippen molar-refractivity contribution in [2.45, 2.75) is 24.6 Å². The molecule has 0 aliphatic heterocycles. The molecule has 1 atom stereocenters. The fraction of sp³-hybridized carbons (Fsp3) is 0.278. The van der Waals surface area contributed by atoms with Crippen molar-refractivity contribution in [2.75, 3.05) is 7.11 Å². The number of aliphatic hydroxyl groups excluding tert-OH is 1. The summed E-state index contributed by atoms with van der Waals surface area (Å²) in [6.07, 6.45) is -0.545. The Bertz CT molecular complexity index is 643. The van der Waals surface area contributed by atoms with Gasteiger partial charge in [-0.05, 0) is 22.8 Å². The number of carbonyl (C=O) groups is 1. The van der Waals surface area contributed by atoms with Crippen LogP contribution in [0.25, 0.3) is 0 Å². The summed E-state index contributed by atoms with van der Waals surface area (Å²) in [5.41, 5.74) is 3.25. The van der Waals surface area contributed by atoms with Crippen LogP contribution in [0.2, 0.25) is 0 Å². The van der Waals surface area contributed by atoms with Gasteiger partial charge in [-0.15, -0.1) is 0 Å². The molecule has 2 aromatic rings. The molecule has 1 unspecified atom stereocenters. The quantitative estimate of drug-likeness (QED) is 0.455. The fourth-order valence-electron chi connectivity index (χ4n) is 2.22. The number of hydrogen-bond acceptors (Lipinski definition) is 4. The van der Waals surface area contributed by atoms with Crippen LogP contribution in [0.1, 0.15) is 27.0 Å². The highest BCUT2D eigenvalue weighted by atomic mass is 79.9. The highest BCUT2D eigenvalue weighted by Gasteiger charge is 2.13. The first-order chi connectivity index (χ1) is 11.1. The summed E-state index contributed by atoms with van der Waals surface area (Å²) in [6.45, 7) is 0.355. The minimum absolute atomic E-state index is 0.355. The van der Waals surface area contributed by atoms with E-state index in [2.05, 4.69) is 15.9 Å². The summed E-state index contributed by atoms with van der Waals surface area (Å²) < 4.78 is 10.2. The molecule has 0 heterocycles. The van der Waals surface area contributed by atoms with Crippen LogP contribution in [0.15, 0.2) is 48.5 Å². The van der Waals surface area contributed by atoms with E-state index in [1.54, 1.807) is 12.1 Å². The SMILES string of the molecule is COC(=O)c1ccc(CC(O)OCc2ccccc2)cc1CBr. The van der Waals surface area contributed by atoms with E-state index in [1.807, 2.05) is 36.4 Å². The number of halogens is 1. The van der Waals surface area contributed by atoms with Gasteiger partial charge in [0.2, 0.25) is 0 Å². The maximum atomic E-state index is 11.7. The lowest BCUT2D eigenvalue weighted by Crippen LogP contribution is -2.15. The maximum Gasteiger partial charge on any atom is 0.338 e. The van der Waals surface area contributed by atoms with Crippen molar-refractivity contribution < 1.29 is 19.4 Å². The number of carbonyl (C=O) groups excluding carboxylic acids is 1. The Labute approximate surface area is 144 Å². The molecule has 1 N–H and O–H groups in total. The third kappa shape index (κ3) is 5.16. The minimum Gasteiger partial charge on any atom is -0.465 e. The average Bonchev–Trinajstić information content (AvgIpc) is 2.60. The molecule has 2 aromatic carbocycles. The molecule has 5 heteroatoms. The van der Waals surface area contributed by atoms with Gasteiger partial charge < -0.3 is 14.6 Å². The van der Waals surface area contributed by atoms with Gasteiger partial charge in [0.15, 0.2) is 6.29 Å². The first kappa shape index (κ1) is 17.7. The lowest BCUT2D eigenvalue weighted by atomic mass is 10.0. The van der Waals surface area contributed by atoms with Gasteiger partial charge in [0.1, 0.15) is 0 Å². The molecule has 0 bridgehead atoms. The number of aliphatic hydroxyl groups is 1. The molecule has 122 valence electrons. The molecule has 2 rings (SSSR count). The first-order valence-electron chi connectivity index (χ1n) is 7.23. The van der Waals surface area contributed by atoms with Gasteiger partial charge in [-0.1, -0.05) is 58.4 Å². The van der Waals surface area contributed by atoms with Crippen LogP contribution in [0.3, 0.4) is 0 Å². The van der Waals surface area contributed by atoms with Crippen LogP contribution < -0.4 is 0 Å². The molecule has 0 aromatic heterocycles. The van der Waals surface area contributed by atoms with E-state index in [-0.39, 0.29) is 5.97 Å². The van der Waals surface area contributed by atoms with Crippen molar-refractivity contribution in [1.29, 1.82) is 0 Å². The summed E-state index contributed by atoms with van der Waals surface area (Å²) in [5, 5.41) is 10.6. The largest absolute Gasteiger partial charge is 0.465 e. The van der Waals surface area contributed by atoms with Crippen molar-refractivity contribution in [3.05, 3.63) is 70.8 Å².